The van der Waals surface area contributed by atoms with E-state index in [2.05, 4.69) is 10.3 Å². The van der Waals surface area contributed by atoms with E-state index in [-0.39, 0.29) is 11.7 Å². The molecule has 0 saturated carbocycles. The van der Waals surface area contributed by atoms with Crippen molar-refractivity contribution in [2.24, 2.45) is 0 Å². The molecule has 0 atom stereocenters. The van der Waals surface area contributed by atoms with Crippen LogP contribution in [0.15, 0.2) is 48.5 Å². The number of nitrogens with zero attached hydrogens (tertiary/aromatic N) is 1. The largest absolute Gasteiger partial charge is 0.457 e. The Morgan fingerprint density at radius 3 is 2.60 bits per heavy atom. The Morgan fingerprint density at radius 2 is 1.92 bits per heavy atom. The van der Waals surface area contributed by atoms with Gasteiger partial charge in [-0.3, -0.25) is 4.79 Å². The third-order valence-electron chi connectivity index (χ3n) is 3.51. The van der Waals surface area contributed by atoms with Crippen molar-refractivity contribution < 1.29 is 13.9 Å². The van der Waals surface area contributed by atoms with E-state index in [1.54, 1.807) is 12.1 Å². The van der Waals surface area contributed by atoms with Crippen molar-refractivity contribution in [1.82, 2.24) is 10.3 Å². The van der Waals surface area contributed by atoms with Crippen LogP contribution in [0.2, 0.25) is 0 Å². The van der Waals surface area contributed by atoms with Gasteiger partial charge in [-0.1, -0.05) is 12.1 Å². The predicted octanol–water partition coefficient (Wildman–Crippen LogP) is 4.62. The number of hydrogen-bond donors (Lipinski definition) is 1. The SMILES string of the molecule is Cc1nc(C)c(C(=O)NCc2cccc(Oc3ccc(F)cc3)c2)s1. The highest BCUT2D eigenvalue weighted by molar-refractivity contribution is 7.13. The Hall–Kier alpha value is -2.73. The first-order chi connectivity index (χ1) is 12.0. The van der Waals surface area contributed by atoms with E-state index in [9.17, 15) is 9.18 Å². The van der Waals surface area contributed by atoms with Crippen LogP contribution >= 0.6 is 11.3 Å². The first kappa shape index (κ1) is 17.1. The molecule has 1 amide bonds. The summed E-state index contributed by atoms with van der Waals surface area (Å²) in [5, 5.41) is 3.77. The highest BCUT2D eigenvalue weighted by Gasteiger charge is 2.13. The number of carbonyl (C=O) groups excluding carboxylic acids is 1. The molecule has 3 aromatic rings. The van der Waals surface area contributed by atoms with E-state index < -0.39 is 0 Å². The number of aromatic nitrogens is 1. The number of carbonyl (C=O) groups is 1. The molecule has 0 bridgehead atoms. The van der Waals surface area contributed by atoms with Gasteiger partial charge in [-0.2, -0.15) is 0 Å². The van der Waals surface area contributed by atoms with Gasteiger partial charge in [0.25, 0.3) is 5.91 Å². The number of rotatable bonds is 5. The summed E-state index contributed by atoms with van der Waals surface area (Å²) in [4.78, 5) is 17.2. The number of thiazole rings is 1. The molecule has 0 aliphatic rings. The quantitative estimate of drug-likeness (QED) is 0.726. The lowest BCUT2D eigenvalue weighted by Gasteiger charge is -2.08. The Labute approximate surface area is 149 Å². The number of amides is 1. The Balaban J connectivity index is 1.64. The van der Waals surface area contributed by atoms with Crippen LogP contribution in [-0.4, -0.2) is 10.9 Å². The third-order valence-corrected chi connectivity index (χ3v) is 4.58. The first-order valence-corrected chi connectivity index (χ1v) is 8.57. The molecular weight excluding hydrogens is 339 g/mol. The van der Waals surface area contributed by atoms with Crippen LogP contribution in [0.4, 0.5) is 4.39 Å². The molecule has 0 saturated heterocycles. The number of nitrogens with one attached hydrogen (secondary N) is 1. The zero-order valence-electron chi connectivity index (χ0n) is 13.9. The maximum atomic E-state index is 12.9. The molecule has 6 heteroatoms. The van der Waals surface area contributed by atoms with Gasteiger partial charge in [0.1, 0.15) is 22.2 Å². The van der Waals surface area contributed by atoms with Crippen LogP contribution in [-0.2, 0) is 6.54 Å². The van der Waals surface area contributed by atoms with E-state index in [4.69, 9.17) is 4.74 Å². The Bertz CT molecular complexity index is 891. The lowest BCUT2D eigenvalue weighted by Crippen LogP contribution is -2.22. The fourth-order valence-electron chi connectivity index (χ4n) is 2.36. The molecule has 3 rings (SSSR count). The second kappa shape index (κ2) is 7.44. The van der Waals surface area contributed by atoms with Crippen LogP contribution < -0.4 is 10.1 Å². The average Bonchev–Trinajstić information content (AvgIpc) is 2.94. The van der Waals surface area contributed by atoms with Crippen molar-refractivity contribution in [2.75, 3.05) is 0 Å². The van der Waals surface area contributed by atoms with E-state index in [0.717, 1.165) is 16.3 Å². The van der Waals surface area contributed by atoms with Gasteiger partial charge in [0.15, 0.2) is 0 Å². The maximum absolute atomic E-state index is 12.9. The predicted molar refractivity (Wildman–Crippen MR) is 95.7 cm³/mol. The zero-order chi connectivity index (χ0) is 17.8. The number of hydrogen-bond acceptors (Lipinski definition) is 4. The van der Waals surface area contributed by atoms with Gasteiger partial charge in [0.2, 0.25) is 0 Å². The molecular formula is C19H17FN2O2S. The van der Waals surface area contributed by atoms with Crippen molar-refractivity contribution in [3.63, 3.8) is 0 Å². The lowest BCUT2D eigenvalue weighted by molar-refractivity contribution is 0.0954. The van der Waals surface area contributed by atoms with E-state index in [1.165, 1.54) is 23.5 Å². The summed E-state index contributed by atoms with van der Waals surface area (Å²) in [5.74, 6) is 0.742. The minimum Gasteiger partial charge on any atom is -0.457 e. The molecule has 1 aromatic heterocycles. The highest BCUT2D eigenvalue weighted by Crippen LogP contribution is 2.22. The van der Waals surface area contributed by atoms with Gasteiger partial charge >= 0.3 is 0 Å². The van der Waals surface area contributed by atoms with E-state index >= 15 is 0 Å². The molecule has 4 nitrogen and oxygen atoms in total. The van der Waals surface area contributed by atoms with Gasteiger partial charge in [-0.25, -0.2) is 9.37 Å². The van der Waals surface area contributed by atoms with Crippen LogP contribution in [0, 0.1) is 19.7 Å². The van der Waals surface area contributed by atoms with Gasteiger partial charge in [-0.15, -0.1) is 11.3 Å². The fourth-order valence-corrected chi connectivity index (χ4v) is 3.20. The molecule has 25 heavy (non-hydrogen) atoms. The number of aryl methyl sites for hydroxylation is 2. The van der Waals surface area contributed by atoms with Gasteiger partial charge in [0.05, 0.1) is 10.7 Å². The summed E-state index contributed by atoms with van der Waals surface area (Å²) < 4.78 is 18.6. The summed E-state index contributed by atoms with van der Waals surface area (Å²) in [6, 6.07) is 13.2. The molecule has 0 unspecified atom stereocenters. The average molecular weight is 356 g/mol. The van der Waals surface area contributed by atoms with Crippen molar-refractivity contribution >= 4 is 17.2 Å². The van der Waals surface area contributed by atoms with Crippen molar-refractivity contribution in [3.05, 3.63) is 75.5 Å². The molecule has 1 N–H and O–H groups in total. The molecule has 0 radical (unpaired) electrons. The van der Waals surface area contributed by atoms with Crippen LogP contribution in [0.5, 0.6) is 11.5 Å². The molecule has 2 aromatic carbocycles. The molecule has 1 heterocycles. The van der Waals surface area contributed by atoms with Gasteiger partial charge in [-0.05, 0) is 55.8 Å². The molecule has 0 spiro atoms. The number of ether oxygens (including phenoxy) is 1. The summed E-state index contributed by atoms with van der Waals surface area (Å²) in [6.07, 6.45) is 0. The lowest BCUT2D eigenvalue weighted by atomic mass is 10.2. The normalized spacial score (nSPS) is 10.5. The summed E-state index contributed by atoms with van der Waals surface area (Å²) in [5.41, 5.74) is 1.65. The summed E-state index contributed by atoms with van der Waals surface area (Å²) in [7, 11) is 0. The monoisotopic (exact) mass is 356 g/mol. The minimum absolute atomic E-state index is 0.132. The van der Waals surface area contributed by atoms with Gasteiger partial charge < -0.3 is 10.1 Å². The molecule has 128 valence electrons. The zero-order valence-corrected chi connectivity index (χ0v) is 14.7. The van der Waals surface area contributed by atoms with Gasteiger partial charge in [0, 0.05) is 6.54 Å². The van der Waals surface area contributed by atoms with Crippen LogP contribution in [0.3, 0.4) is 0 Å². The number of halogens is 1. The smallest absolute Gasteiger partial charge is 0.263 e. The molecule has 0 aliphatic carbocycles. The van der Waals surface area contributed by atoms with Crippen LogP contribution in [0.25, 0.3) is 0 Å². The maximum Gasteiger partial charge on any atom is 0.263 e. The van der Waals surface area contributed by atoms with Crippen molar-refractivity contribution in [2.45, 2.75) is 20.4 Å². The van der Waals surface area contributed by atoms with Crippen molar-refractivity contribution in [1.29, 1.82) is 0 Å². The summed E-state index contributed by atoms with van der Waals surface area (Å²) >= 11 is 1.39. The fraction of sp³-hybridized carbons (Fsp3) is 0.158. The topological polar surface area (TPSA) is 51.2 Å². The van der Waals surface area contributed by atoms with Crippen LogP contribution in [0.1, 0.15) is 25.9 Å². The Morgan fingerprint density at radius 1 is 1.16 bits per heavy atom. The first-order valence-electron chi connectivity index (χ1n) is 7.76. The molecule has 0 fully saturated rings. The van der Waals surface area contributed by atoms with E-state index in [0.29, 0.717) is 22.9 Å². The van der Waals surface area contributed by atoms with Crippen molar-refractivity contribution in [3.8, 4) is 11.5 Å². The number of benzene rings is 2. The van der Waals surface area contributed by atoms with E-state index in [1.807, 2.05) is 38.1 Å². The standard InChI is InChI=1S/C19H17FN2O2S/c1-12-18(25-13(2)22-12)19(23)21-11-14-4-3-5-17(10-14)24-16-8-6-15(20)7-9-16/h3-10H,11H2,1-2H3,(H,21,23). The Kier molecular flexibility index (Phi) is 5.09. The minimum atomic E-state index is -0.308. The third kappa shape index (κ3) is 4.42. The molecule has 0 aliphatic heterocycles. The summed E-state index contributed by atoms with van der Waals surface area (Å²) in [6.45, 7) is 4.09. The second-order valence-corrected chi connectivity index (χ2v) is 6.74. The highest BCUT2D eigenvalue weighted by atomic mass is 32.1. The second-order valence-electron chi connectivity index (χ2n) is 5.53.